The summed E-state index contributed by atoms with van der Waals surface area (Å²) >= 11 is 1.14. The molecular weight excluding hydrogens is 324 g/mol. The third kappa shape index (κ3) is 3.51. The lowest BCUT2D eigenvalue weighted by molar-refractivity contribution is 0.219. The molecule has 0 amide bonds. The highest BCUT2D eigenvalue weighted by Gasteiger charge is 2.19. The number of aromatic nitrogens is 2. The molecule has 2 rings (SSSR count). The van der Waals surface area contributed by atoms with Crippen molar-refractivity contribution in [3.8, 4) is 23.1 Å². The number of nitrogens with zero attached hydrogens (tertiary/aromatic N) is 2. The Hall–Kier alpha value is -2.40. The van der Waals surface area contributed by atoms with E-state index < -0.39 is 29.0 Å². The first-order valence-corrected chi connectivity index (χ1v) is 7.84. The Morgan fingerprint density at radius 3 is 2.43 bits per heavy atom. The Balaban J connectivity index is 2.66. The van der Waals surface area contributed by atoms with Gasteiger partial charge in [0.2, 0.25) is 0 Å². The molecule has 0 saturated carbocycles. The summed E-state index contributed by atoms with van der Waals surface area (Å²) in [5.41, 5.74) is -1.05. The van der Waals surface area contributed by atoms with Crippen LogP contribution in [0.5, 0.6) is 5.75 Å². The molecule has 1 heterocycles. The van der Waals surface area contributed by atoms with Crippen LogP contribution in [0, 0.1) is 23.0 Å². The van der Waals surface area contributed by atoms with Gasteiger partial charge in [0.15, 0.2) is 22.5 Å². The zero-order valence-corrected chi connectivity index (χ0v) is 13.4. The molecule has 0 bridgehead atoms. The molecular formula is C15H13F2N3O2S. The van der Waals surface area contributed by atoms with Gasteiger partial charge < -0.3 is 9.72 Å². The van der Waals surface area contributed by atoms with Crippen molar-refractivity contribution in [3.63, 3.8) is 0 Å². The molecule has 2 aromatic rings. The number of benzene rings is 1. The van der Waals surface area contributed by atoms with E-state index in [1.165, 1.54) is 0 Å². The van der Waals surface area contributed by atoms with Gasteiger partial charge >= 0.3 is 0 Å². The van der Waals surface area contributed by atoms with Crippen LogP contribution < -0.4 is 10.3 Å². The Labute approximate surface area is 135 Å². The fourth-order valence-electron chi connectivity index (χ4n) is 1.91. The van der Waals surface area contributed by atoms with E-state index in [4.69, 9.17) is 10.00 Å². The number of nitrogens with one attached hydrogen (secondary N) is 1. The van der Waals surface area contributed by atoms with Gasteiger partial charge in [0.1, 0.15) is 11.6 Å². The maximum atomic E-state index is 14.1. The summed E-state index contributed by atoms with van der Waals surface area (Å²) in [6.45, 7) is 3.28. The fraction of sp³-hybridized carbons (Fsp3) is 0.267. The van der Waals surface area contributed by atoms with E-state index in [0.717, 1.165) is 23.9 Å². The van der Waals surface area contributed by atoms with Gasteiger partial charge in [-0.2, -0.15) is 5.26 Å². The second-order valence-electron chi connectivity index (χ2n) is 4.85. The van der Waals surface area contributed by atoms with Crippen molar-refractivity contribution >= 4 is 11.8 Å². The van der Waals surface area contributed by atoms with Crippen LogP contribution in [-0.2, 0) is 0 Å². The second-order valence-corrected chi connectivity index (χ2v) is 5.64. The molecule has 0 aliphatic heterocycles. The van der Waals surface area contributed by atoms with Crippen molar-refractivity contribution in [3.05, 3.63) is 39.7 Å². The molecule has 0 unspecified atom stereocenters. The number of H-pyrrole nitrogens is 1. The van der Waals surface area contributed by atoms with Gasteiger partial charge in [-0.05, 0) is 32.2 Å². The maximum Gasteiger partial charge on any atom is 0.270 e. The van der Waals surface area contributed by atoms with E-state index in [1.54, 1.807) is 26.2 Å². The largest absolute Gasteiger partial charge is 0.485 e. The summed E-state index contributed by atoms with van der Waals surface area (Å²) < 4.78 is 33.3. The zero-order chi connectivity index (χ0) is 17.1. The Morgan fingerprint density at radius 1 is 1.35 bits per heavy atom. The van der Waals surface area contributed by atoms with Gasteiger partial charge in [-0.1, -0.05) is 11.8 Å². The molecule has 0 aliphatic rings. The van der Waals surface area contributed by atoms with Gasteiger partial charge in [-0.25, -0.2) is 13.8 Å². The number of halogens is 2. The monoisotopic (exact) mass is 337 g/mol. The third-order valence-electron chi connectivity index (χ3n) is 2.83. The number of hydrogen-bond acceptors (Lipinski definition) is 5. The quantitative estimate of drug-likeness (QED) is 0.685. The summed E-state index contributed by atoms with van der Waals surface area (Å²) in [4.78, 5) is 18.4. The predicted molar refractivity (Wildman–Crippen MR) is 82.5 cm³/mol. The van der Waals surface area contributed by atoms with Gasteiger partial charge in [0, 0.05) is 5.56 Å². The molecule has 8 heteroatoms. The van der Waals surface area contributed by atoms with E-state index in [1.807, 2.05) is 0 Å². The van der Waals surface area contributed by atoms with Crippen molar-refractivity contribution in [1.82, 2.24) is 9.97 Å². The minimum Gasteiger partial charge on any atom is -0.485 e. The van der Waals surface area contributed by atoms with Crippen molar-refractivity contribution in [2.45, 2.75) is 25.1 Å². The van der Waals surface area contributed by atoms with Crippen molar-refractivity contribution in [2.24, 2.45) is 0 Å². The van der Waals surface area contributed by atoms with Crippen molar-refractivity contribution in [1.29, 1.82) is 5.26 Å². The van der Waals surface area contributed by atoms with E-state index in [9.17, 15) is 13.6 Å². The number of nitriles is 1. The molecule has 0 aliphatic carbocycles. The minimum atomic E-state index is -0.926. The zero-order valence-electron chi connectivity index (χ0n) is 12.6. The average Bonchev–Trinajstić information content (AvgIpc) is 2.49. The number of hydrogen-bond donors (Lipinski definition) is 1. The molecule has 120 valence electrons. The van der Waals surface area contributed by atoms with E-state index >= 15 is 0 Å². The predicted octanol–water partition coefficient (Wildman–Crippen LogP) is 3.10. The molecule has 0 fully saturated rings. The van der Waals surface area contributed by atoms with E-state index in [0.29, 0.717) is 0 Å². The molecule has 0 saturated heterocycles. The lowest BCUT2D eigenvalue weighted by Gasteiger charge is -2.13. The molecule has 0 radical (unpaired) electrons. The molecule has 0 spiro atoms. The molecule has 23 heavy (non-hydrogen) atoms. The van der Waals surface area contributed by atoms with Gasteiger partial charge in [-0.15, -0.1) is 0 Å². The molecule has 1 aromatic carbocycles. The van der Waals surface area contributed by atoms with Crippen LogP contribution in [0.2, 0.25) is 0 Å². The van der Waals surface area contributed by atoms with Gasteiger partial charge in [0.25, 0.3) is 5.56 Å². The van der Waals surface area contributed by atoms with E-state index in [2.05, 4.69) is 9.97 Å². The van der Waals surface area contributed by atoms with Crippen LogP contribution >= 0.6 is 11.8 Å². The van der Waals surface area contributed by atoms with Crippen LogP contribution in [0.1, 0.15) is 19.4 Å². The minimum absolute atomic E-state index is 0.00550. The standard InChI is InChI=1S/C15H13F2N3O2S/c1-7(2)22-13-10(16)4-8(5-11(13)17)12-9(6-18)14(21)20-15(19-12)23-3/h4-5,7H,1-3H3,(H,19,20,21). The van der Waals surface area contributed by atoms with Crippen LogP contribution in [0.3, 0.4) is 0 Å². The number of ether oxygens (including phenoxy) is 1. The summed E-state index contributed by atoms with van der Waals surface area (Å²) in [6.07, 6.45) is 1.27. The fourth-order valence-corrected chi connectivity index (χ4v) is 2.28. The molecule has 5 nitrogen and oxygen atoms in total. The second kappa shape index (κ2) is 6.79. The Kier molecular flexibility index (Phi) is 5.01. The molecule has 1 N–H and O–H groups in total. The van der Waals surface area contributed by atoms with Crippen LogP contribution in [-0.4, -0.2) is 22.3 Å². The number of aromatic amines is 1. The summed E-state index contributed by atoms with van der Waals surface area (Å²) in [6, 6.07) is 3.69. The highest BCUT2D eigenvalue weighted by atomic mass is 32.2. The summed E-state index contributed by atoms with van der Waals surface area (Å²) in [5, 5.41) is 9.35. The lowest BCUT2D eigenvalue weighted by atomic mass is 10.1. The summed E-state index contributed by atoms with van der Waals surface area (Å²) in [7, 11) is 0. The van der Waals surface area contributed by atoms with E-state index in [-0.39, 0.29) is 22.0 Å². The highest BCUT2D eigenvalue weighted by molar-refractivity contribution is 7.98. The SMILES string of the molecule is CSc1nc(-c2cc(F)c(OC(C)C)c(F)c2)c(C#N)c(=O)[nH]1. The topological polar surface area (TPSA) is 78.8 Å². The van der Waals surface area contributed by atoms with Crippen LogP contribution in [0.25, 0.3) is 11.3 Å². The first-order valence-electron chi connectivity index (χ1n) is 6.61. The average molecular weight is 337 g/mol. The molecule has 0 atom stereocenters. The Bertz CT molecular complexity index is 821. The van der Waals surface area contributed by atoms with Gasteiger partial charge in [0.05, 0.1) is 11.8 Å². The third-order valence-corrected chi connectivity index (χ3v) is 3.41. The first kappa shape index (κ1) is 17.0. The van der Waals surface area contributed by atoms with Crippen LogP contribution in [0.4, 0.5) is 8.78 Å². The normalized spacial score (nSPS) is 10.7. The smallest absolute Gasteiger partial charge is 0.270 e. The highest BCUT2D eigenvalue weighted by Crippen LogP contribution is 2.30. The first-order chi connectivity index (χ1) is 10.9. The Morgan fingerprint density at radius 2 is 1.96 bits per heavy atom. The lowest BCUT2D eigenvalue weighted by Crippen LogP contribution is -2.15. The molecule has 1 aromatic heterocycles. The van der Waals surface area contributed by atoms with Crippen LogP contribution in [0.15, 0.2) is 22.1 Å². The maximum absolute atomic E-state index is 14.1. The van der Waals surface area contributed by atoms with Gasteiger partial charge in [-0.3, -0.25) is 4.79 Å². The van der Waals surface area contributed by atoms with Crippen molar-refractivity contribution < 1.29 is 13.5 Å². The van der Waals surface area contributed by atoms with Crippen molar-refractivity contribution in [2.75, 3.05) is 6.26 Å². The summed E-state index contributed by atoms with van der Waals surface area (Å²) in [5.74, 6) is -2.35. The number of rotatable bonds is 4. The number of thioether (sulfide) groups is 1.